The highest BCUT2D eigenvalue weighted by Crippen LogP contribution is 2.27. The maximum atomic E-state index is 9.43. The maximum Gasteiger partial charge on any atom is 0.138 e. The van der Waals surface area contributed by atoms with E-state index in [9.17, 15) is 5.11 Å². The van der Waals surface area contributed by atoms with Crippen LogP contribution in [0.25, 0.3) is 0 Å². The van der Waals surface area contributed by atoms with Crippen molar-refractivity contribution in [1.82, 2.24) is 0 Å². The summed E-state index contributed by atoms with van der Waals surface area (Å²) in [7, 11) is 1.67. The molecule has 0 fully saturated rings. The second kappa shape index (κ2) is 9.15. The van der Waals surface area contributed by atoms with Crippen LogP contribution in [0.3, 0.4) is 0 Å². The van der Waals surface area contributed by atoms with Crippen LogP contribution in [0.2, 0.25) is 5.02 Å². The van der Waals surface area contributed by atoms with Crippen molar-refractivity contribution in [2.75, 3.05) is 33.5 Å². The van der Waals surface area contributed by atoms with Gasteiger partial charge in [0.2, 0.25) is 0 Å². The summed E-state index contributed by atoms with van der Waals surface area (Å²) in [5.74, 6) is 0.603. The van der Waals surface area contributed by atoms with Gasteiger partial charge in [0.05, 0.1) is 17.7 Å². The average molecular weight is 289 g/mol. The second-order valence-electron chi connectivity index (χ2n) is 4.17. The Balaban J connectivity index is 2.26. The Morgan fingerprint density at radius 3 is 2.63 bits per heavy atom. The van der Waals surface area contributed by atoms with E-state index < -0.39 is 6.10 Å². The Morgan fingerprint density at radius 2 is 2.00 bits per heavy atom. The van der Waals surface area contributed by atoms with Gasteiger partial charge in [0.25, 0.3) is 0 Å². The molecule has 1 atom stereocenters. The van der Waals surface area contributed by atoms with Gasteiger partial charge in [-0.25, -0.2) is 0 Å². The molecule has 5 heteroatoms. The fourth-order valence-corrected chi connectivity index (χ4v) is 1.76. The Bertz CT molecular complexity index is 368. The summed E-state index contributed by atoms with van der Waals surface area (Å²) in [6, 6.07) is 5.27. The molecule has 4 nitrogen and oxygen atoms in total. The number of hydrogen-bond acceptors (Lipinski definition) is 4. The minimum Gasteiger partial charge on any atom is -0.490 e. The first-order valence-electron chi connectivity index (χ1n) is 6.32. The van der Waals surface area contributed by atoms with Crippen LogP contribution >= 0.6 is 11.6 Å². The molecule has 1 rings (SSSR count). The highest BCUT2D eigenvalue weighted by molar-refractivity contribution is 6.32. The van der Waals surface area contributed by atoms with E-state index in [2.05, 4.69) is 0 Å². The van der Waals surface area contributed by atoms with E-state index in [-0.39, 0.29) is 0 Å². The molecule has 0 amide bonds. The fraction of sp³-hybridized carbons (Fsp3) is 0.571. The van der Waals surface area contributed by atoms with E-state index in [1.54, 1.807) is 32.2 Å². The number of aliphatic hydroxyl groups is 1. The lowest BCUT2D eigenvalue weighted by atomic mass is 10.1. The quantitative estimate of drug-likeness (QED) is 0.710. The van der Waals surface area contributed by atoms with Gasteiger partial charge >= 0.3 is 0 Å². The van der Waals surface area contributed by atoms with Crippen LogP contribution in [0, 0.1) is 0 Å². The zero-order chi connectivity index (χ0) is 14.1. The first kappa shape index (κ1) is 16.2. The Kier molecular flexibility index (Phi) is 7.82. The Morgan fingerprint density at radius 1 is 1.21 bits per heavy atom. The van der Waals surface area contributed by atoms with Gasteiger partial charge < -0.3 is 19.3 Å². The lowest BCUT2D eigenvalue weighted by molar-refractivity contribution is 0.0806. The highest BCUT2D eigenvalue weighted by Gasteiger charge is 2.06. The SMILES string of the molecule is COCCCOCCOc1ccc([C@H](C)O)cc1Cl. The smallest absolute Gasteiger partial charge is 0.138 e. The van der Waals surface area contributed by atoms with Gasteiger partial charge in [-0.2, -0.15) is 0 Å². The van der Waals surface area contributed by atoms with Crippen molar-refractivity contribution >= 4 is 11.6 Å². The summed E-state index contributed by atoms with van der Waals surface area (Å²) in [5.41, 5.74) is 0.771. The third kappa shape index (κ3) is 6.25. The monoisotopic (exact) mass is 288 g/mol. The predicted octanol–water partition coefficient (Wildman–Crippen LogP) is 2.83. The van der Waals surface area contributed by atoms with Crippen molar-refractivity contribution in [2.24, 2.45) is 0 Å². The van der Waals surface area contributed by atoms with Crippen molar-refractivity contribution in [3.63, 3.8) is 0 Å². The Labute approximate surface area is 119 Å². The number of hydrogen-bond donors (Lipinski definition) is 1. The molecule has 1 aromatic rings. The van der Waals surface area contributed by atoms with Crippen LogP contribution in [-0.2, 0) is 9.47 Å². The summed E-state index contributed by atoms with van der Waals surface area (Å²) in [5, 5.41) is 9.92. The van der Waals surface area contributed by atoms with Gasteiger partial charge in [-0.1, -0.05) is 17.7 Å². The molecule has 0 saturated heterocycles. The molecule has 0 heterocycles. The molecular formula is C14H21ClO4. The summed E-state index contributed by atoms with van der Waals surface area (Å²) in [4.78, 5) is 0. The average Bonchev–Trinajstić information content (AvgIpc) is 2.39. The van der Waals surface area contributed by atoms with Crippen molar-refractivity contribution in [2.45, 2.75) is 19.4 Å². The first-order valence-corrected chi connectivity index (χ1v) is 6.70. The largest absolute Gasteiger partial charge is 0.490 e. The van der Waals surface area contributed by atoms with E-state index in [4.69, 9.17) is 25.8 Å². The highest BCUT2D eigenvalue weighted by atomic mass is 35.5. The van der Waals surface area contributed by atoms with Gasteiger partial charge in [0.15, 0.2) is 0 Å². The van der Waals surface area contributed by atoms with Crippen LogP contribution in [0.4, 0.5) is 0 Å². The van der Waals surface area contributed by atoms with Gasteiger partial charge in [-0.3, -0.25) is 0 Å². The lowest BCUT2D eigenvalue weighted by Crippen LogP contribution is -2.08. The van der Waals surface area contributed by atoms with Crippen molar-refractivity contribution in [3.05, 3.63) is 28.8 Å². The molecule has 108 valence electrons. The van der Waals surface area contributed by atoms with E-state index in [1.807, 2.05) is 0 Å². The standard InChI is InChI=1S/C14H21ClO4/c1-11(16)12-4-5-14(13(15)10-12)19-9-8-18-7-3-6-17-2/h4-5,10-11,16H,3,6-9H2,1-2H3/t11-/m0/s1. The molecule has 0 saturated carbocycles. The molecule has 0 unspecified atom stereocenters. The summed E-state index contributed by atoms with van der Waals surface area (Å²) >= 11 is 6.06. The molecule has 1 N–H and O–H groups in total. The molecule has 0 aliphatic carbocycles. The number of halogens is 1. The van der Waals surface area contributed by atoms with Crippen molar-refractivity contribution in [1.29, 1.82) is 0 Å². The molecule has 19 heavy (non-hydrogen) atoms. The molecule has 0 aliphatic heterocycles. The second-order valence-corrected chi connectivity index (χ2v) is 4.58. The zero-order valence-electron chi connectivity index (χ0n) is 11.4. The normalized spacial score (nSPS) is 12.4. The molecule has 1 aromatic carbocycles. The molecule has 0 spiro atoms. The van der Waals surface area contributed by atoms with Gasteiger partial charge in [0, 0.05) is 20.3 Å². The molecule has 0 radical (unpaired) electrons. The van der Waals surface area contributed by atoms with Crippen molar-refractivity contribution in [3.8, 4) is 5.75 Å². The molecule has 0 aliphatic rings. The zero-order valence-corrected chi connectivity index (χ0v) is 12.2. The van der Waals surface area contributed by atoms with E-state index >= 15 is 0 Å². The lowest BCUT2D eigenvalue weighted by Gasteiger charge is -2.11. The number of ether oxygens (including phenoxy) is 3. The van der Waals surface area contributed by atoms with Crippen LogP contribution in [0.1, 0.15) is 25.0 Å². The number of benzene rings is 1. The van der Waals surface area contributed by atoms with Crippen LogP contribution in [0.5, 0.6) is 5.75 Å². The topological polar surface area (TPSA) is 47.9 Å². The number of aliphatic hydroxyl groups excluding tert-OH is 1. The van der Waals surface area contributed by atoms with E-state index in [1.165, 1.54) is 0 Å². The Hall–Kier alpha value is -0.810. The summed E-state index contributed by atoms with van der Waals surface area (Å²) < 4.78 is 15.8. The van der Waals surface area contributed by atoms with Crippen LogP contribution in [0.15, 0.2) is 18.2 Å². The van der Waals surface area contributed by atoms with Gasteiger partial charge in [-0.05, 0) is 31.0 Å². The first-order chi connectivity index (χ1) is 9.15. The fourth-order valence-electron chi connectivity index (χ4n) is 1.51. The summed E-state index contributed by atoms with van der Waals surface area (Å²) in [6.07, 6.45) is 0.344. The third-order valence-corrected chi connectivity index (χ3v) is 2.86. The maximum absolute atomic E-state index is 9.43. The van der Waals surface area contributed by atoms with E-state index in [0.717, 1.165) is 12.0 Å². The van der Waals surface area contributed by atoms with Gasteiger partial charge in [-0.15, -0.1) is 0 Å². The number of rotatable bonds is 9. The van der Waals surface area contributed by atoms with Gasteiger partial charge in [0.1, 0.15) is 12.4 Å². The van der Waals surface area contributed by atoms with E-state index in [0.29, 0.717) is 37.2 Å². The number of methoxy groups -OCH3 is 1. The van der Waals surface area contributed by atoms with Crippen molar-refractivity contribution < 1.29 is 19.3 Å². The predicted molar refractivity (Wildman–Crippen MR) is 74.9 cm³/mol. The molecule has 0 bridgehead atoms. The third-order valence-electron chi connectivity index (χ3n) is 2.56. The summed E-state index contributed by atoms with van der Waals surface area (Å²) in [6.45, 7) is 4.01. The minimum absolute atomic E-state index is 0.445. The minimum atomic E-state index is -0.532. The molecule has 0 aromatic heterocycles. The molecular weight excluding hydrogens is 268 g/mol. The van der Waals surface area contributed by atoms with Crippen LogP contribution in [-0.4, -0.2) is 38.6 Å². The van der Waals surface area contributed by atoms with Crippen LogP contribution < -0.4 is 4.74 Å².